The number of allylic oxidation sites excluding steroid dienone is 1. The highest BCUT2D eigenvalue weighted by atomic mass is 32.2. The van der Waals surface area contributed by atoms with Crippen LogP contribution in [0.5, 0.6) is 0 Å². The van der Waals surface area contributed by atoms with Crippen molar-refractivity contribution >= 4 is 45.4 Å². The lowest BCUT2D eigenvalue weighted by Gasteiger charge is -2.37. The SMILES string of the molecule is C=C1C(C2CCS(=C)CC2)=Cc2c3ncnc2N1CCCCCCCN(C)Cc1ccccc1-c1ccc(s1)[C@H](C)N3. The summed E-state index contributed by atoms with van der Waals surface area (Å²) in [6.07, 6.45) is 12.6. The molecule has 0 aliphatic carbocycles. The normalized spacial score (nSPS) is 24.3. The van der Waals surface area contributed by atoms with Crippen LogP contribution < -0.4 is 10.2 Å². The van der Waals surface area contributed by atoms with E-state index in [9.17, 15) is 0 Å². The molecule has 3 aliphatic heterocycles. The highest BCUT2D eigenvalue weighted by Crippen LogP contribution is 2.44. The van der Waals surface area contributed by atoms with E-state index in [2.05, 4.69) is 84.0 Å². The lowest BCUT2D eigenvalue weighted by molar-refractivity contribution is 0.317. The molecule has 0 spiro atoms. The smallest absolute Gasteiger partial charge is 0.145 e. The van der Waals surface area contributed by atoms with E-state index < -0.39 is 0 Å². The lowest BCUT2D eigenvalue weighted by atomic mass is 9.87. The van der Waals surface area contributed by atoms with Gasteiger partial charge in [-0.05, 0) is 98.5 Å². The number of hydrogen-bond donors (Lipinski definition) is 1. The molecule has 6 bridgehead atoms. The highest BCUT2D eigenvalue weighted by molar-refractivity contribution is 8.14. The summed E-state index contributed by atoms with van der Waals surface area (Å²) in [7, 11) is 2.57. The molecule has 3 aromatic rings. The number of aromatic nitrogens is 2. The Labute approximate surface area is 258 Å². The molecule has 1 aromatic carbocycles. The number of thiophene rings is 1. The average molecular weight is 600 g/mol. The largest absolute Gasteiger partial charge is 0.362 e. The summed E-state index contributed by atoms with van der Waals surface area (Å²) in [5.41, 5.74) is 6.39. The number of nitrogens with zero attached hydrogens (tertiary/aromatic N) is 4. The zero-order chi connectivity index (χ0) is 29.1. The van der Waals surface area contributed by atoms with Crippen LogP contribution in [0.25, 0.3) is 16.5 Å². The molecule has 0 unspecified atom stereocenters. The van der Waals surface area contributed by atoms with Crippen LogP contribution in [0.4, 0.5) is 11.6 Å². The van der Waals surface area contributed by atoms with Crippen LogP contribution in [0.1, 0.15) is 73.9 Å². The molecule has 1 atom stereocenters. The predicted molar refractivity (Wildman–Crippen MR) is 185 cm³/mol. The van der Waals surface area contributed by atoms with Gasteiger partial charge in [0, 0.05) is 28.5 Å². The standard InChI is InChI=1S/C35H45N5S2/c1-25-32-14-15-33(41-32)29-13-9-8-12-28(29)23-39(3)18-10-6-5-7-11-19-40-26(2)30(27-16-20-42(4)21-17-27)22-31-34(38-25)36-24-37-35(31)40/h8-9,12-15,22,24-25,27H,2,4-7,10-11,16-21,23H2,1,3H3,(H,36,37,38)/t25-,27?,42?/m0/s1. The van der Waals surface area contributed by atoms with E-state index in [1.165, 1.54) is 76.5 Å². The molecular formula is C35H45N5S2. The maximum atomic E-state index is 4.84. The first-order valence-corrected chi connectivity index (χ1v) is 18.2. The fourth-order valence-electron chi connectivity index (χ4n) is 6.60. The molecule has 1 saturated heterocycles. The first-order chi connectivity index (χ1) is 20.5. The van der Waals surface area contributed by atoms with Crippen LogP contribution >= 0.6 is 21.8 Å². The van der Waals surface area contributed by atoms with Crippen LogP contribution in [0.15, 0.2) is 60.6 Å². The minimum absolute atomic E-state index is 0.126. The molecule has 0 amide bonds. The van der Waals surface area contributed by atoms with Crippen molar-refractivity contribution in [1.82, 2.24) is 14.9 Å². The van der Waals surface area contributed by atoms with Crippen LogP contribution in [0.2, 0.25) is 0 Å². The third-order valence-electron chi connectivity index (χ3n) is 9.08. The van der Waals surface area contributed by atoms with Gasteiger partial charge in [0.2, 0.25) is 0 Å². The molecule has 1 N–H and O–H groups in total. The minimum atomic E-state index is 0.126. The topological polar surface area (TPSA) is 44.3 Å². The number of benzene rings is 1. The molecule has 7 heteroatoms. The molecule has 3 aliphatic rings. The molecule has 0 saturated carbocycles. The summed E-state index contributed by atoms with van der Waals surface area (Å²) in [5.74, 6) is 9.25. The molecule has 2 aromatic heterocycles. The monoisotopic (exact) mass is 599 g/mol. The zero-order valence-corrected chi connectivity index (χ0v) is 26.9. The number of nitrogens with one attached hydrogen (secondary N) is 1. The van der Waals surface area contributed by atoms with Crippen LogP contribution in [-0.2, 0) is 6.54 Å². The summed E-state index contributed by atoms with van der Waals surface area (Å²) in [6.45, 7) is 9.96. The molecular weight excluding hydrogens is 555 g/mol. The molecule has 42 heavy (non-hydrogen) atoms. The summed E-state index contributed by atoms with van der Waals surface area (Å²) in [4.78, 5) is 17.2. The predicted octanol–water partition coefficient (Wildman–Crippen LogP) is 8.60. The van der Waals surface area contributed by atoms with Crippen LogP contribution in [-0.4, -0.2) is 52.4 Å². The summed E-state index contributed by atoms with van der Waals surface area (Å²) in [6, 6.07) is 13.6. The quantitative estimate of drug-likeness (QED) is 0.284. The maximum Gasteiger partial charge on any atom is 0.145 e. The molecule has 222 valence electrons. The van der Waals surface area contributed by atoms with Crippen molar-refractivity contribution in [3.05, 3.63) is 76.6 Å². The van der Waals surface area contributed by atoms with E-state index in [1.54, 1.807) is 6.33 Å². The zero-order valence-electron chi connectivity index (χ0n) is 25.3. The van der Waals surface area contributed by atoms with Gasteiger partial charge in [-0.25, -0.2) is 9.97 Å². The Kier molecular flexibility index (Phi) is 9.27. The number of fused-ring (bicyclic) bond motifs is 4. The van der Waals surface area contributed by atoms with Gasteiger partial charge in [-0.1, -0.05) is 56.0 Å². The Hall–Kier alpha value is -2.74. The lowest BCUT2D eigenvalue weighted by Crippen LogP contribution is -2.32. The Morgan fingerprint density at radius 1 is 0.976 bits per heavy atom. The number of hydrogen-bond acceptors (Lipinski definition) is 6. The summed E-state index contributed by atoms with van der Waals surface area (Å²) >= 11 is 1.88. The van der Waals surface area contributed by atoms with Crippen molar-refractivity contribution in [3.63, 3.8) is 0 Å². The second-order valence-corrected chi connectivity index (χ2v) is 15.3. The number of rotatable bonds is 1. The van der Waals surface area contributed by atoms with Gasteiger partial charge in [0.25, 0.3) is 0 Å². The van der Waals surface area contributed by atoms with E-state index >= 15 is 0 Å². The van der Waals surface area contributed by atoms with Gasteiger partial charge < -0.3 is 15.1 Å². The number of anilines is 2. The van der Waals surface area contributed by atoms with Crippen LogP contribution in [0.3, 0.4) is 0 Å². The van der Waals surface area contributed by atoms with Gasteiger partial charge in [0.15, 0.2) is 0 Å². The second-order valence-electron chi connectivity index (χ2n) is 12.2. The average Bonchev–Trinajstić information content (AvgIpc) is 3.48. The summed E-state index contributed by atoms with van der Waals surface area (Å²) in [5, 5.41) is 3.79. The van der Waals surface area contributed by atoms with Crippen molar-refractivity contribution in [2.45, 2.75) is 64.5 Å². The molecule has 5 nitrogen and oxygen atoms in total. The van der Waals surface area contributed by atoms with Crippen molar-refractivity contribution in [2.75, 3.05) is 41.9 Å². The van der Waals surface area contributed by atoms with Crippen LogP contribution in [0, 0.1) is 5.92 Å². The molecule has 1 fully saturated rings. The van der Waals surface area contributed by atoms with Crippen molar-refractivity contribution < 1.29 is 0 Å². The van der Waals surface area contributed by atoms with E-state index in [-0.39, 0.29) is 6.04 Å². The Morgan fingerprint density at radius 3 is 2.57 bits per heavy atom. The molecule has 0 radical (unpaired) electrons. The molecule has 6 rings (SSSR count). The molecule has 5 heterocycles. The van der Waals surface area contributed by atoms with E-state index in [1.807, 2.05) is 11.3 Å². The first-order valence-electron chi connectivity index (χ1n) is 15.6. The Morgan fingerprint density at radius 2 is 1.74 bits per heavy atom. The van der Waals surface area contributed by atoms with E-state index in [0.29, 0.717) is 16.4 Å². The third kappa shape index (κ3) is 6.43. The first kappa shape index (κ1) is 29.3. The summed E-state index contributed by atoms with van der Waals surface area (Å²) < 4.78 is 0. The van der Waals surface area contributed by atoms with Gasteiger partial charge in [0.1, 0.15) is 18.0 Å². The van der Waals surface area contributed by atoms with Gasteiger partial charge in [-0.15, -0.1) is 11.3 Å². The second kappa shape index (κ2) is 13.3. The van der Waals surface area contributed by atoms with Gasteiger partial charge in [0.05, 0.1) is 11.6 Å². The van der Waals surface area contributed by atoms with Gasteiger partial charge >= 0.3 is 0 Å². The van der Waals surface area contributed by atoms with Crippen molar-refractivity contribution in [1.29, 1.82) is 0 Å². The van der Waals surface area contributed by atoms with E-state index in [0.717, 1.165) is 49.0 Å². The van der Waals surface area contributed by atoms with E-state index in [4.69, 9.17) is 9.97 Å². The van der Waals surface area contributed by atoms with Gasteiger partial charge in [-0.3, -0.25) is 0 Å². The van der Waals surface area contributed by atoms with Crippen molar-refractivity contribution in [2.24, 2.45) is 5.92 Å². The fourth-order valence-corrected chi connectivity index (χ4v) is 9.11. The Balaban J connectivity index is 1.35. The Bertz CT molecular complexity index is 1460. The fraction of sp³-hybridized carbons (Fsp3) is 0.457. The maximum absolute atomic E-state index is 4.84. The van der Waals surface area contributed by atoms with Crippen molar-refractivity contribution in [3.8, 4) is 10.4 Å². The minimum Gasteiger partial charge on any atom is -0.362 e. The van der Waals surface area contributed by atoms with Gasteiger partial charge in [-0.2, -0.15) is 10.5 Å². The highest BCUT2D eigenvalue weighted by Gasteiger charge is 2.31. The third-order valence-corrected chi connectivity index (χ3v) is 12.0.